The normalized spacial score (nSPS) is 22.8. The Labute approximate surface area is 173 Å². The maximum atomic E-state index is 12.9. The number of nitrogens with one attached hydrogen (secondary N) is 4. The van der Waals surface area contributed by atoms with Crippen molar-refractivity contribution in [2.24, 2.45) is 23.5 Å². The first-order valence-electron chi connectivity index (χ1n) is 10.5. The molecule has 9 heteroatoms. The zero-order valence-electron chi connectivity index (χ0n) is 18.3. The van der Waals surface area contributed by atoms with Crippen molar-refractivity contribution in [1.29, 1.82) is 0 Å². The number of hydrogen-bond acceptors (Lipinski definition) is 7. The van der Waals surface area contributed by atoms with Crippen LogP contribution in [0.25, 0.3) is 0 Å². The first kappa shape index (κ1) is 25.5. The van der Waals surface area contributed by atoms with Crippen LogP contribution in [0.1, 0.15) is 41.0 Å². The Morgan fingerprint density at radius 1 is 1.14 bits per heavy atom. The van der Waals surface area contributed by atoms with Crippen molar-refractivity contribution in [1.82, 2.24) is 21.3 Å². The second kappa shape index (κ2) is 12.2. The third-order valence-corrected chi connectivity index (χ3v) is 5.13. The topological polar surface area (TPSA) is 146 Å². The lowest BCUT2D eigenvalue weighted by atomic mass is 9.91. The van der Waals surface area contributed by atoms with Gasteiger partial charge < -0.3 is 32.1 Å². The summed E-state index contributed by atoms with van der Waals surface area (Å²) in [7, 11) is 0. The Bertz CT molecular complexity index is 553. The van der Waals surface area contributed by atoms with Crippen LogP contribution in [0.2, 0.25) is 0 Å². The number of aliphatic hydroxyl groups excluding tert-OH is 1. The second-order valence-corrected chi connectivity index (χ2v) is 8.59. The minimum Gasteiger partial charge on any atom is -0.391 e. The Balaban J connectivity index is 2.81. The number of carbonyl (C=O) groups excluding carboxylic acids is 3. The SMILES string of the molecule is CC(C)CNC1CCNCC1C(=O)N[C@H](C(=O)N[C@@H](CN)C(=O)C(C)C)[C@H](C)O. The molecule has 2 amide bonds. The van der Waals surface area contributed by atoms with Gasteiger partial charge in [0.25, 0.3) is 0 Å². The van der Waals surface area contributed by atoms with Crippen molar-refractivity contribution in [3.8, 4) is 0 Å². The summed E-state index contributed by atoms with van der Waals surface area (Å²) in [5, 5.41) is 22.0. The first-order valence-corrected chi connectivity index (χ1v) is 10.5. The minimum atomic E-state index is -1.16. The summed E-state index contributed by atoms with van der Waals surface area (Å²) in [6.45, 7) is 11.1. The molecule has 1 rings (SSSR count). The molecule has 1 fully saturated rings. The van der Waals surface area contributed by atoms with Crippen LogP contribution in [0.4, 0.5) is 0 Å². The van der Waals surface area contributed by atoms with E-state index in [4.69, 9.17) is 5.73 Å². The quantitative estimate of drug-likeness (QED) is 0.248. The molecular weight excluding hydrogens is 374 g/mol. The molecule has 0 aromatic heterocycles. The maximum Gasteiger partial charge on any atom is 0.245 e. The van der Waals surface area contributed by atoms with Gasteiger partial charge in [0.2, 0.25) is 11.8 Å². The van der Waals surface area contributed by atoms with E-state index in [1.807, 2.05) is 0 Å². The Morgan fingerprint density at radius 2 is 1.79 bits per heavy atom. The molecule has 1 saturated heterocycles. The van der Waals surface area contributed by atoms with Gasteiger partial charge in [-0.1, -0.05) is 27.7 Å². The van der Waals surface area contributed by atoms with Gasteiger partial charge in [-0.15, -0.1) is 0 Å². The van der Waals surface area contributed by atoms with Crippen LogP contribution in [-0.2, 0) is 14.4 Å². The van der Waals surface area contributed by atoms with Gasteiger partial charge in [0.15, 0.2) is 5.78 Å². The predicted molar refractivity (Wildman–Crippen MR) is 112 cm³/mol. The van der Waals surface area contributed by atoms with E-state index in [1.54, 1.807) is 13.8 Å². The molecule has 5 atom stereocenters. The number of hydrogen-bond donors (Lipinski definition) is 6. The Kier molecular flexibility index (Phi) is 10.7. The van der Waals surface area contributed by atoms with E-state index < -0.39 is 24.1 Å². The highest BCUT2D eigenvalue weighted by Gasteiger charge is 2.35. The summed E-state index contributed by atoms with van der Waals surface area (Å²) in [6, 6.07) is -2.02. The zero-order valence-corrected chi connectivity index (χ0v) is 18.3. The van der Waals surface area contributed by atoms with Crippen molar-refractivity contribution in [3.63, 3.8) is 0 Å². The molecule has 0 saturated carbocycles. The molecule has 2 unspecified atom stereocenters. The second-order valence-electron chi connectivity index (χ2n) is 8.59. The lowest BCUT2D eigenvalue weighted by Gasteiger charge is -2.34. The van der Waals surface area contributed by atoms with Crippen LogP contribution in [-0.4, -0.2) is 73.1 Å². The van der Waals surface area contributed by atoms with Crippen LogP contribution in [0, 0.1) is 17.8 Å². The fraction of sp³-hybridized carbons (Fsp3) is 0.850. The molecule has 7 N–H and O–H groups in total. The predicted octanol–water partition coefficient (Wildman–Crippen LogP) is -1.26. The van der Waals surface area contributed by atoms with Crippen LogP contribution in [0.5, 0.6) is 0 Å². The molecule has 0 spiro atoms. The molecular formula is C20H39N5O4. The fourth-order valence-corrected chi connectivity index (χ4v) is 3.34. The van der Waals surface area contributed by atoms with Gasteiger partial charge in [-0.2, -0.15) is 0 Å². The number of aliphatic hydroxyl groups is 1. The fourth-order valence-electron chi connectivity index (χ4n) is 3.34. The molecule has 1 heterocycles. The standard InChI is InChI=1S/C20H39N5O4/c1-11(2)9-23-15-6-7-22-10-14(15)19(28)25-17(13(5)26)20(29)24-16(8-21)18(27)12(3)4/h11-17,22-23,26H,6-10,21H2,1-5H3,(H,24,29)(H,25,28)/t13-,14?,15?,16-,17-/m0/s1. The number of carbonyl (C=O) groups is 3. The highest BCUT2D eigenvalue weighted by Crippen LogP contribution is 2.13. The number of ketones is 1. The third-order valence-electron chi connectivity index (χ3n) is 5.13. The van der Waals surface area contributed by atoms with E-state index >= 15 is 0 Å². The Morgan fingerprint density at radius 3 is 2.31 bits per heavy atom. The van der Waals surface area contributed by atoms with E-state index in [0.717, 1.165) is 19.5 Å². The highest BCUT2D eigenvalue weighted by atomic mass is 16.3. The molecule has 0 aromatic rings. The largest absolute Gasteiger partial charge is 0.391 e. The number of nitrogens with two attached hydrogens (primary N) is 1. The average Bonchev–Trinajstić information content (AvgIpc) is 2.67. The van der Waals surface area contributed by atoms with Gasteiger partial charge in [0.05, 0.1) is 18.1 Å². The summed E-state index contributed by atoms with van der Waals surface area (Å²) >= 11 is 0. The highest BCUT2D eigenvalue weighted by molar-refractivity contribution is 5.94. The number of rotatable bonds is 11. The summed E-state index contributed by atoms with van der Waals surface area (Å²) < 4.78 is 0. The van der Waals surface area contributed by atoms with Gasteiger partial charge >= 0.3 is 0 Å². The van der Waals surface area contributed by atoms with Gasteiger partial charge in [-0.05, 0) is 32.4 Å². The molecule has 29 heavy (non-hydrogen) atoms. The molecule has 0 radical (unpaired) electrons. The number of Topliss-reactive ketones (excluding diaryl/α,β-unsaturated/α-hetero) is 1. The van der Waals surface area contributed by atoms with Crippen molar-refractivity contribution < 1.29 is 19.5 Å². The summed E-state index contributed by atoms with van der Waals surface area (Å²) in [5.41, 5.74) is 5.63. The molecule has 9 nitrogen and oxygen atoms in total. The van der Waals surface area contributed by atoms with E-state index in [0.29, 0.717) is 12.5 Å². The lowest BCUT2D eigenvalue weighted by Crippen LogP contribution is -2.61. The van der Waals surface area contributed by atoms with Crippen LogP contribution < -0.4 is 27.0 Å². The van der Waals surface area contributed by atoms with Gasteiger partial charge in [0, 0.05) is 25.0 Å². The van der Waals surface area contributed by atoms with E-state index in [-0.39, 0.29) is 36.1 Å². The molecule has 0 aromatic carbocycles. The summed E-state index contributed by atoms with van der Waals surface area (Å²) in [6.07, 6.45) is -0.320. The lowest BCUT2D eigenvalue weighted by molar-refractivity contribution is -0.136. The smallest absolute Gasteiger partial charge is 0.245 e. The molecule has 1 aliphatic rings. The van der Waals surface area contributed by atoms with Crippen molar-refractivity contribution >= 4 is 17.6 Å². The average molecular weight is 414 g/mol. The number of amides is 2. The summed E-state index contributed by atoms with van der Waals surface area (Å²) in [4.78, 5) is 37.7. The van der Waals surface area contributed by atoms with Crippen LogP contribution in [0.15, 0.2) is 0 Å². The molecule has 168 valence electrons. The van der Waals surface area contributed by atoms with Gasteiger partial charge in [-0.25, -0.2) is 0 Å². The third kappa shape index (κ3) is 8.00. The summed E-state index contributed by atoms with van der Waals surface area (Å²) in [5.74, 6) is -1.31. The van der Waals surface area contributed by atoms with Crippen LogP contribution >= 0.6 is 0 Å². The first-order chi connectivity index (χ1) is 13.6. The zero-order chi connectivity index (χ0) is 22.1. The Hall–Kier alpha value is -1.55. The molecule has 0 bridgehead atoms. The monoisotopic (exact) mass is 413 g/mol. The maximum absolute atomic E-state index is 12.9. The van der Waals surface area contributed by atoms with E-state index in [2.05, 4.69) is 35.1 Å². The molecule has 0 aliphatic carbocycles. The van der Waals surface area contributed by atoms with Crippen molar-refractivity contribution in [2.45, 2.75) is 65.3 Å². The van der Waals surface area contributed by atoms with E-state index in [9.17, 15) is 19.5 Å². The minimum absolute atomic E-state index is 0.00401. The van der Waals surface area contributed by atoms with Gasteiger partial charge in [0.1, 0.15) is 6.04 Å². The van der Waals surface area contributed by atoms with Gasteiger partial charge in [-0.3, -0.25) is 14.4 Å². The molecule has 1 aliphatic heterocycles. The van der Waals surface area contributed by atoms with Crippen molar-refractivity contribution in [3.05, 3.63) is 0 Å². The van der Waals surface area contributed by atoms with Crippen LogP contribution in [0.3, 0.4) is 0 Å². The van der Waals surface area contributed by atoms with Crippen molar-refractivity contribution in [2.75, 3.05) is 26.2 Å². The van der Waals surface area contributed by atoms with E-state index in [1.165, 1.54) is 6.92 Å². The number of piperidine rings is 1.